The zero-order valence-electron chi connectivity index (χ0n) is 18.8. The van der Waals surface area contributed by atoms with E-state index in [1.54, 1.807) is 36.1 Å². The van der Waals surface area contributed by atoms with Crippen LogP contribution in [0.15, 0.2) is 24.8 Å². The third kappa shape index (κ3) is 4.34. The van der Waals surface area contributed by atoms with Crippen LogP contribution >= 0.6 is 0 Å². The molecule has 0 aliphatic heterocycles. The summed E-state index contributed by atoms with van der Waals surface area (Å²) in [4.78, 5) is 21.4. The van der Waals surface area contributed by atoms with Gasteiger partial charge in [0.15, 0.2) is 11.5 Å². The number of fused-ring (bicyclic) bond motifs is 2. The van der Waals surface area contributed by atoms with Crippen molar-refractivity contribution in [2.24, 2.45) is 0 Å². The maximum Gasteiger partial charge on any atom is 0.212 e. The monoisotopic (exact) mass is 437 g/mol. The Bertz CT molecular complexity index is 1260. The van der Waals surface area contributed by atoms with Crippen molar-refractivity contribution in [3.8, 4) is 11.3 Å². The van der Waals surface area contributed by atoms with Gasteiger partial charge in [0.05, 0.1) is 29.8 Å². The van der Waals surface area contributed by atoms with Crippen molar-refractivity contribution in [2.45, 2.75) is 39.0 Å². The summed E-state index contributed by atoms with van der Waals surface area (Å²) in [6.45, 7) is 4.49. The summed E-state index contributed by atoms with van der Waals surface area (Å²) >= 11 is 0. The summed E-state index contributed by atoms with van der Waals surface area (Å²) in [7, 11) is 3.94. The van der Waals surface area contributed by atoms with Gasteiger partial charge in [-0.25, -0.2) is 9.37 Å². The van der Waals surface area contributed by atoms with Crippen molar-refractivity contribution in [2.75, 3.05) is 26.0 Å². The number of hydrogen-bond donors (Lipinski definition) is 2. The number of imidazole rings is 1. The Balaban J connectivity index is 0.000000754. The Morgan fingerprint density at radius 2 is 2.03 bits per heavy atom. The number of aromatic amines is 1. The highest BCUT2D eigenvalue weighted by Crippen LogP contribution is 2.37. The fourth-order valence-electron chi connectivity index (χ4n) is 3.89. The Hall–Kier alpha value is -3.33. The van der Waals surface area contributed by atoms with Crippen molar-refractivity contribution in [3.63, 3.8) is 0 Å². The minimum atomic E-state index is -0.248. The second kappa shape index (κ2) is 9.04. The van der Waals surface area contributed by atoms with E-state index in [1.807, 2.05) is 25.9 Å². The second-order valence-electron chi connectivity index (χ2n) is 8.54. The van der Waals surface area contributed by atoms with E-state index in [4.69, 9.17) is 0 Å². The molecule has 5 rings (SSSR count). The van der Waals surface area contributed by atoms with Crippen molar-refractivity contribution >= 4 is 28.8 Å². The number of rotatable bonds is 6. The molecule has 2 N–H and O–H groups in total. The topological polar surface area (TPSA) is 91.2 Å². The molecule has 1 fully saturated rings. The van der Waals surface area contributed by atoms with Crippen LogP contribution in [0.3, 0.4) is 0 Å². The molecule has 9 heteroatoms. The quantitative estimate of drug-likeness (QED) is 0.443. The minimum absolute atomic E-state index is 0.0123. The summed E-state index contributed by atoms with van der Waals surface area (Å²) in [5, 5.41) is 10.5. The Kier molecular flexibility index (Phi) is 6.18. The highest BCUT2D eigenvalue weighted by molar-refractivity contribution is 5.97. The molecule has 1 aromatic carbocycles. The number of nitrogens with zero attached hydrogens (tertiary/aromatic N) is 5. The van der Waals surface area contributed by atoms with Crippen LogP contribution in [0.5, 0.6) is 0 Å². The van der Waals surface area contributed by atoms with Crippen molar-refractivity contribution in [1.82, 2.24) is 29.5 Å². The molecular weight excluding hydrogens is 409 g/mol. The second-order valence-corrected chi connectivity index (χ2v) is 8.54. The number of H-pyrrole nitrogens is 1. The molecule has 1 aliphatic rings. The molecule has 32 heavy (non-hydrogen) atoms. The molecule has 4 aromatic rings. The lowest BCUT2D eigenvalue weighted by Gasteiger charge is -2.21. The number of halogens is 1. The molecule has 0 spiro atoms. The van der Waals surface area contributed by atoms with E-state index in [0.29, 0.717) is 45.8 Å². The summed E-state index contributed by atoms with van der Waals surface area (Å²) in [6, 6.07) is 0. The Labute approximate surface area is 185 Å². The number of benzene rings is 1. The van der Waals surface area contributed by atoms with Crippen LogP contribution in [0, 0.1) is 12.7 Å². The Morgan fingerprint density at radius 3 is 2.69 bits per heavy atom. The van der Waals surface area contributed by atoms with E-state index < -0.39 is 0 Å². The maximum absolute atomic E-state index is 15.5. The van der Waals surface area contributed by atoms with E-state index >= 15 is 4.39 Å². The van der Waals surface area contributed by atoms with E-state index in [-0.39, 0.29) is 11.7 Å². The predicted molar refractivity (Wildman–Crippen MR) is 123 cm³/mol. The van der Waals surface area contributed by atoms with Crippen LogP contribution in [0.4, 0.5) is 10.2 Å². The van der Waals surface area contributed by atoms with Gasteiger partial charge in [0.1, 0.15) is 5.82 Å². The van der Waals surface area contributed by atoms with Gasteiger partial charge in [-0.2, -0.15) is 5.10 Å². The number of hydrogen-bond acceptors (Lipinski definition) is 5. The molecule has 0 radical (unpaired) electrons. The predicted octanol–water partition coefficient (Wildman–Crippen LogP) is 4.12. The van der Waals surface area contributed by atoms with Gasteiger partial charge >= 0.3 is 0 Å². The lowest BCUT2D eigenvalue weighted by atomic mass is 9.91. The van der Waals surface area contributed by atoms with Gasteiger partial charge in [-0.15, -0.1) is 0 Å². The van der Waals surface area contributed by atoms with Gasteiger partial charge in [0.2, 0.25) is 6.41 Å². The molecule has 168 valence electrons. The lowest BCUT2D eigenvalue weighted by Crippen LogP contribution is -2.20. The lowest BCUT2D eigenvalue weighted by molar-refractivity contribution is -0.105. The molecule has 1 aliphatic carbocycles. The van der Waals surface area contributed by atoms with Gasteiger partial charge < -0.3 is 14.6 Å². The van der Waals surface area contributed by atoms with Gasteiger partial charge in [-0.1, -0.05) is 26.2 Å². The summed E-state index contributed by atoms with van der Waals surface area (Å²) in [6.07, 6.45) is 11.8. The van der Waals surface area contributed by atoms with E-state index in [0.717, 1.165) is 11.9 Å². The highest BCUT2D eigenvalue weighted by atomic mass is 19.1. The SMILES string of the molecule is C1CC1.Cc1c(F)c(C(C)CN(C)C)c2[nH]ncc2c1-c1cn2cc(NC=O)nc2cn1. The summed E-state index contributed by atoms with van der Waals surface area (Å²) < 4.78 is 17.3. The molecule has 1 atom stereocenters. The van der Waals surface area contributed by atoms with Gasteiger partial charge in [-0.05, 0) is 32.5 Å². The zero-order valence-corrected chi connectivity index (χ0v) is 18.8. The summed E-state index contributed by atoms with van der Waals surface area (Å²) in [5.74, 6) is 0.159. The van der Waals surface area contributed by atoms with Crippen LogP contribution in [0.2, 0.25) is 0 Å². The van der Waals surface area contributed by atoms with Gasteiger partial charge in [0.25, 0.3) is 0 Å². The third-order valence-corrected chi connectivity index (χ3v) is 5.41. The molecular formula is C23H28FN7O. The molecule has 3 aromatic heterocycles. The van der Waals surface area contributed by atoms with Crippen LogP contribution in [-0.4, -0.2) is 56.5 Å². The average Bonchev–Trinajstić information content (AvgIpc) is 3.46. The van der Waals surface area contributed by atoms with Gasteiger partial charge in [0, 0.05) is 29.3 Å². The van der Waals surface area contributed by atoms with E-state index in [2.05, 4.69) is 25.5 Å². The summed E-state index contributed by atoms with van der Waals surface area (Å²) in [5.41, 5.74) is 3.71. The number of anilines is 1. The Morgan fingerprint density at radius 1 is 1.28 bits per heavy atom. The van der Waals surface area contributed by atoms with Crippen molar-refractivity contribution < 1.29 is 9.18 Å². The number of carbonyl (C=O) groups excluding carboxylic acids is 1. The fraction of sp³-hybridized carbons (Fsp3) is 0.391. The fourth-order valence-corrected chi connectivity index (χ4v) is 3.89. The van der Waals surface area contributed by atoms with Crippen molar-refractivity contribution in [1.29, 1.82) is 0 Å². The number of likely N-dealkylation sites (N-methyl/N-ethyl adjacent to an activating group) is 1. The third-order valence-electron chi connectivity index (χ3n) is 5.41. The molecule has 1 unspecified atom stereocenters. The smallest absolute Gasteiger partial charge is 0.212 e. The number of carbonyl (C=O) groups is 1. The van der Waals surface area contributed by atoms with Crippen LogP contribution in [0.25, 0.3) is 27.8 Å². The number of amides is 1. The first-order valence-corrected chi connectivity index (χ1v) is 10.8. The first kappa shape index (κ1) is 21.9. The van der Waals surface area contributed by atoms with Crippen LogP contribution in [-0.2, 0) is 4.79 Å². The first-order chi connectivity index (χ1) is 15.4. The van der Waals surface area contributed by atoms with Crippen LogP contribution < -0.4 is 5.32 Å². The molecule has 1 amide bonds. The molecule has 3 heterocycles. The number of nitrogens with one attached hydrogen (secondary N) is 2. The highest BCUT2D eigenvalue weighted by Gasteiger charge is 2.24. The largest absolute Gasteiger partial charge is 0.312 e. The molecule has 0 saturated heterocycles. The molecule has 1 saturated carbocycles. The van der Waals surface area contributed by atoms with Gasteiger partial charge in [-0.3, -0.25) is 14.9 Å². The van der Waals surface area contributed by atoms with Crippen molar-refractivity contribution in [3.05, 3.63) is 41.7 Å². The maximum atomic E-state index is 15.5. The van der Waals surface area contributed by atoms with E-state index in [9.17, 15) is 4.79 Å². The van der Waals surface area contributed by atoms with Crippen LogP contribution in [0.1, 0.15) is 43.2 Å². The minimum Gasteiger partial charge on any atom is -0.312 e. The number of aromatic nitrogens is 5. The average molecular weight is 438 g/mol. The molecule has 0 bridgehead atoms. The molecule has 8 nitrogen and oxygen atoms in total. The zero-order chi connectivity index (χ0) is 22.8. The van der Waals surface area contributed by atoms with E-state index in [1.165, 1.54) is 19.3 Å². The normalized spacial score (nSPS) is 13.8. The standard InChI is InChI=1S/C20H22FN7O.C3H6/c1-11(7-27(3)4)17-19(21)12(2)18(13-5-24-26-20(13)17)14-8-28-9-15(23-10-29)25-16(28)6-22-14;1-2-3-1/h5-6,8-11H,7H2,1-4H3,(H,23,29)(H,24,26);1-3H2. The first-order valence-electron chi connectivity index (χ1n) is 10.8.